The molecular formula is C9H14N4O2S. The van der Waals surface area contributed by atoms with E-state index < -0.39 is 5.54 Å². The van der Waals surface area contributed by atoms with Crippen molar-refractivity contribution in [1.82, 2.24) is 9.36 Å². The Hall–Kier alpha value is -1.05. The molecule has 0 aliphatic carbocycles. The van der Waals surface area contributed by atoms with E-state index in [0.29, 0.717) is 37.0 Å². The molecule has 1 aliphatic rings. The van der Waals surface area contributed by atoms with Crippen molar-refractivity contribution >= 4 is 22.6 Å². The molecule has 0 aromatic carbocycles. The maximum atomic E-state index is 11.9. The summed E-state index contributed by atoms with van der Waals surface area (Å²) in [5.74, 6) is 0.449. The van der Waals surface area contributed by atoms with Crippen LogP contribution in [0.2, 0.25) is 0 Å². The number of carbonyl (C=O) groups excluding carboxylic acids is 1. The number of amides is 1. The molecule has 7 heteroatoms. The van der Waals surface area contributed by atoms with Gasteiger partial charge in [0.2, 0.25) is 11.0 Å². The fourth-order valence-corrected chi connectivity index (χ4v) is 2.10. The lowest BCUT2D eigenvalue weighted by atomic mass is 9.90. The topological polar surface area (TPSA) is 90.1 Å². The Morgan fingerprint density at radius 2 is 2.25 bits per heavy atom. The predicted molar refractivity (Wildman–Crippen MR) is 60.2 cm³/mol. The molecule has 0 unspecified atom stereocenters. The van der Waals surface area contributed by atoms with Gasteiger partial charge in [-0.05, 0) is 19.8 Å². The van der Waals surface area contributed by atoms with Crippen LogP contribution in [0, 0.1) is 6.92 Å². The number of carbonyl (C=O) groups is 1. The molecule has 1 fully saturated rings. The van der Waals surface area contributed by atoms with Crippen LogP contribution in [0.3, 0.4) is 0 Å². The van der Waals surface area contributed by atoms with Gasteiger partial charge < -0.3 is 10.5 Å². The van der Waals surface area contributed by atoms with Crippen LogP contribution in [0.15, 0.2) is 0 Å². The van der Waals surface area contributed by atoms with Crippen LogP contribution in [-0.2, 0) is 9.53 Å². The van der Waals surface area contributed by atoms with Crippen LogP contribution in [-0.4, -0.2) is 34.0 Å². The minimum Gasteiger partial charge on any atom is -0.381 e. The van der Waals surface area contributed by atoms with Crippen LogP contribution in [0.5, 0.6) is 0 Å². The summed E-state index contributed by atoms with van der Waals surface area (Å²) in [6.45, 7) is 2.83. The van der Waals surface area contributed by atoms with Gasteiger partial charge >= 0.3 is 0 Å². The molecule has 1 saturated heterocycles. The molecule has 6 nitrogen and oxygen atoms in total. The molecule has 1 aromatic rings. The second-order valence-corrected chi connectivity index (χ2v) is 4.62. The summed E-state index contributed by atoms with van der Waals surface area (Å²) in [5, 5.41) is 3.20. The minimum absolute atomic E-state index is 0.202. The number of aromatic nitrogens is 2. The van der Waals surface area contributed by atoms with Gasteiger partial charge in [-0.15, -0.1) is 0 Å². The number of hydrogen-bond donors (Lipinski definition) is 2. The van der Waals surface area contributed by atoms with E-state index in [1.807, 2.05) is 0 Å². The predicted octanol–water partition coefficient (Wildman–Crippen LogP) is 0.293. The van der Waals surface area contributed by atoms with E-state index >= 15 is 0 Å². The molecule has 0 spiro atoms. The van der Waals surface area contributed by atoms with Gasteiger partial charge in [0.1, 0.15) is 11.4 Å². The zero-order valence-electron chi connectivity index (χ0n) is 9.02. The molecule has 1 amide bonds. The van der Waals surface area contributed by atoms with Gasteiger partial charge in [0.15, 0.2) is 0 Å². The van der Waals surface area contributed by atoms with E-state index in [-0.39, 0.29) is 5.91 Å². The van der Waals surface area contributed by atoms with Crippen molar-refractivity contribution in [3.05, 3.63) is 5.82 Å². The number of anilines is 1. The van der Waals surface area contributed by atoms with Gasteiger partial charge in [-0.2, -0.15) is 4.37 Å². The lowest BCUT2D eigenvalue weighted by Crippen LogP contribution is -2.54. The van der Waals surface area contributed by atoms with Crippen LogP contribution >= 0.6 is 11.5 Å². The normalized spacial score (nSPS) is 19.4. The highest BCUT2D eigenvalue weighted by Crippen LogP contribution is 2.20. The first kappa shape index (κ1) is 11.4. The smallest absolute Gasteiger partial charge is 0.246 e. The third-order valence-corrected chi connectivity index (χ3v) is 3.31. The molecule has 0 radical (unpaired) electrons. The van der Waals surface area contributed by atoms with Crippen molar-refractivity contribution < 1.29 is 9.53 Å². The van der Waals surface area contributed by atoms with E-state index in [2.05, 4.69) is 14.7 Å². The maximum Gasteiger partial charge on any atom is 0.246 e. The highest BCUT2D eigenvalue weighted by molar-refractivity contribution is 7.09. The van der Waals surface area contributed by atoms with Crippen molar-refractivity contribution in [1.29, 1.82) is 0 Å². The Morgan fingerprint density at radius 3 is 2.81 bits per heavy atom. The zero-order valence-corrected chi connectivity index (χ0v) is 9.84. The lowest BCUT2D eigenvalue weighted by molar-refractivity contribution is -0.124. The van der Waals surface area contributed by atoms with Crippen molar-refractivity contribution in [2.75, 3.05) is 18.5 Å². The van der Waals surface area contributed by atoms with E-state index in [4.69, 9.17) is 10.5 Å². The number of nitrogens with zero attached hydrogens (tertiary/aromatic N) is 2. The summed E-state index contributed by atoms with van der Waals surface area (Å²) in [6.07, 6.45) is 1.08. The number of hydrogen-bond acceptors (Lipinski definition) is 6. The molecule has 1 aromatic heterocycles. The van der Waals surface area contributed by atoms with Crippen LogP contribution in [0.4, 0.5) is 5.13 Å². The molecule has 1 aliphatic heterocycles. The third-order valence-electron chi connectivity index (χ3n) is 2.59. The molecule has 2 heterocycles. The van der Waals surface area contributed by atoms with Crippen molar-refractivity contribution in [3.8, 4) is 0 Å². The van der Waals surface area contributed by atoms with Gasteiger partial charge in [-0.1, -0.05) is 0 Å². The fourth-order valence-electron chi connectivity index (χ4n) is 1.53. The molecule has 16 heavy (non-hydrogen) atoms. The monoisotopic (exact) mass is 242 g/mol. The second kappa shape index (κ2) is 4.44. The number of ether oxygens (including phenoxy) is 1. The number of aryl methyl sites for hydroxylation is 1. The van der Waals surface area contributed by atoms with Gasteiger partial charge in [-0.3, -0.25) is 10.1 Å². The Morgan fingerprint density at radius 1 is 1.56 bits per heavy atom. The first-order valence-electron chi connectivity index (χ1n) is 5.08. The largest absolute Gasteiger partial charge is 0.381 e. The average molecular weight is 242 g/mol. The van der Waals surface area contributed by atoms with E-state index in [0.717, 1.165) is 11.5 Å². The highest BCUT2D eigenvalue weighted by atomic mass is 32.1. The zero-order chi connectivity index (χ0) is 11.6. The minimum atomic E-state index is -0.835. The van der Waals surface area contributed by atoms with Crippen LogP contribution in [0.1, 0.15) is 18.7 Å². The second-order valence-electron chi connectivity index (χ2n) is 3.87. The number of rotatable bonds is 2. The van der Waals surface area contributed by atoms with E-state index in [1.54, 1.807) is 6.92 Å². The standard InChI is InChI=1S/C9H14N4O2S/c1-6-11-8(16-13-6)12-7(14)9(10)2-4-15-5-3-9/h2-5,10H2,1H3,(H,11,12,13,14). The van der Waals surface area contributed by atoms with Gasteiger partial charge in [0.25, 0.3) is 0 Å². The summed E-state index contributed by atoms with van der Waals surface area (Å²) in [4.78, 5) is 16.0. The Kier molecular flexibility index (Phi) is 3.17. The Labute approximate surface area is 97.4 Å². The van der Waals surface area contributed by atoms with E-state index in [1.165, 1.54) is 0 Å². The summed E-state index contributed by atoms with van der Waals surface area (Å²) in [5.41, 5.74) is 5.19. The van der Waals surface area contributed by atoms with Gasteiger partial charge in [0, 0.05) is 24.7 Å². The Bertz CT molecular complexity index is 387. The van der Waals surface area contributed by atoms with Gasteiger partial charge in [-0.25, -0.2) is 4.98 Å². The molecule has 0 saturated carbocycles. The third kappa shape index (κ3) is 2.37. The summed E-state index contributed by atoms with van der Waals surface area (Å²) in [6, 6.07) is 0. The van der Waals surface area contributed by atoms with Crippen LogP contribution in [0.25, 0.3) is 0 Å². The van der Waals surface area contributed by atoms with Crippen molar-refractivity contribution in [2.45, 2.75) is 25.3 Å². The average Bonchev–Trinajstić information content (AvgIpc) is 2.65. The first-order valence-corrected chi connectivity index (χ1v) is 5.86. The lowest BCUT2D eigenvalue weighted by Gasteiger charge is -2.31. The summed E-state index contributed by atoms with van der Waals surface area (Å²) < 4.78 is 9.17. The molecule has 2 rings (SSSR count). The molecule has 3 N–H and O–H groups in total. The molecule has 0 bridgehead atoms. The van der Waals surface area contributed by atoms with Crippen molar-refractivity contribution in [2.24, 2.45) is 5.73 Å². The van der Waals surface area contributed by atoms with Gasteiger partial charge in [0.05, 0.1) is 0 Å². The molecular weight excluding hydrogens is 228 g/mol. The SMILES string of the molecule is Cc1nsc(NC(=O)C2(N)CCOCC2)n1. The molecule has 0 atom stereocenters. The highest BCUT2D eigenvalue weighted by Gasteiger charge is 2.36. The maximum absolute atomic E-state index is 11.9. The fraction of sp³-hybridized carbons (Fsp3) is 0.667. The quantitative estimate of drug-likeness (QED) is 0.778. The van der Waals surface area contributed by atoms with Crippen molar-refractivity contribution in [3.63, 3.8) is 0 Å². The first-order chi connectivity index (χ1) is 7.60. The summed E-state index contributed by atoms with van der Waals surface area (Å²) in [7, 11) is 0. The number of nitrogens with two attached hydrogens (primary N) is 1. The Balaban J connectivity index is 2.01. The summed E-state index contributed by atoms with van der Waals surface area (Å²) >= 11 is 1.16. The number of nitrogens with one attached hydrogen (secondary N) is 1. The van der Waals surface area contributed by atoms with E-state index in [9.17, 15) is 4.79 Å². The van der Waals surface area contributed by atoms with Crippen LogP contribution < -0.4 is 11.1 Å². The molecule has 88 valence electrons.